The Kier molecular flexibility index (Phi) is 4.73. The molecule has 0 spiro atoms. The van der Waals surface area contributed by atoms with Gasteiger partial charge in [0, 0.05) is 25.9 Å². The third-order valence-electron chi connectivity index (χ3n) is 3.49. The van der Waals surface area contributed by atoms with Crippen molar-refractivity contribution in [3.8, 4) is 0 Å². The number of alkyl halides is 1. The van der Waals surface area contributed by atoms with E-state index < -0.39 is 5.67 Å². The van der Waals surface area contributed by atoms with Gasteiger partial charge in [-0.25, -0.2) is 4.39 Å². The number of methoxy groups -OCH3 is 1. The van der Waals surface area contributed by atoms with Crippen molar-refractivity contribution in [2.24, 2.45) is 0 Å². The summed E-state index contributed by atoms with van der Waals surface area (Å²) in [6, 6.07) is 7.61. The molecule has 1 N–H and O–H groups in total. The summed E-state index contributed by atoms with van der Waals surface area (Å²) >= 11 is 0. The predicted octanol–water partition coefficient (Wildman–Crippen LogP) is 1.99. The van der Waals surface area contributed by atoms with Gasteiger partial charge in [-0.15, -0.1) is 0 Å². The van der Waals surface area contributed by atoms with E-state index in [0.717, 1.165) is 11.3 Å². The molecule has 1 aromatic carbocycles. The molecule has 1 unspecified atom stereocenters. The first-order chi connectivity index (χ1) is 9.50. The molecular weight excluding hydrogens is 259 g/mol. The minimum Gasteiger partial charge on any atom is -0.381 e. The quantitative estimate of drug-likeness (QED) is 0.897. The molecule has 1 aromatic rings. The maximum absolute atomic E-state index is 14.2. The van der Waals surface area contributed by atoms with E-state index in [0.29, 0.717) is 13.0 Å². The van der Waals surface area contributed by atoms with Gasteiger partial charge in [0.1, 0.15) is 5.67 Å². The van der Waals surface area contributed by atoms with Crippen molar-refractivity contribution < 1.29 is 13.9 Å². The molecule has 1 heterocycles. The Morgan fingerprint density at radius 1 is 1.45 bits per heavy atom. The Labute approximate surface area is 118 Å². The van der Waals surface area contributed by atoms with Crippen molar-refractivity contribution in [1.82, 2.24) is 4.90 Å². The van der Waals surface area contributed by atoms with Crippen molar-refractivity contribution in [1.29, 1.82) is 0 Å². The fourth-order valence-corrected chi connectivity index (χ4v) is 2.47. The summed E-state index contributed by atoms with van der Waals surface area (Å²) in [5.41, 5.74) is 0.589. The number of halogens is 1. The van der Waals surface area contributed by atoms with E-state index in [1.807, 2.05) is 36.1 Å². The lowest BCUT2D eigenvalue weighted by Crippen LogP contribution is -2.36. The topological polar surface area (TPSA) is 41.6 Å². The van der Waals surface area contributed by atoms with E-state index in [9.17, 15) is 9.18 Å². The standard InChI is InChI=1S/C15H21FN2O2/c1-12-3-5-13(6-4-12)17-14(19)9-18-8-7-15(16,10-18)11-20-2/h3-6H,7-11H2,1-2H3,(H,17,19). The van der Waals surface area contributed by atoms with Gasteiger partial charge in [-0.3, -0.25) is 9.69 Å². The summed E-state index contributed by atoms with van der Waals surface area (Å²) in [5.74, 6) is -0.115. The Morgan fingerprint density at radius 2 is 2.15 bits per heavy atom. The van der Waals surface area contributed by atoms with E-state index in [1.165, 1.54) is 7.11 Å². The highest BCUT2D eigenvalue weighted by molar-refractivity contribution is 5.92. The third kappa shape index (κ3) is 4.02. The van der Waals surface area contributed by atoms with E-state index in [1.54, 1.807) is 0 Å². The second-order valence-electron chi connectivity index (χ2n) is 5.46. The number of carbonyl (C=O) groups is 1. The number of hydrogen-bond acceptors (Lipinski definition) is 3. The Bertz CT molecular complexity index is 463. The number of hydrogen-bond donors (Lipinski definition) is 1. The number of carbonyl (C=O) groups excluding carboxylic acids is 1. The van der Waals surface area contributed by atoms with Gasteiger partial charge in [0.05, 0.1) is 13.2 Å². The molecule has 20 heavy (non-hydrogen) atoms. The predicted molar refractivity (Wildman–Crippen MR) is 76.6 cm³/mol. The number of ether oxygens (including phenoxy) is 1. The van der Waals surface area contributed by atoms with Gasteiger partial charge < -0.3 is 10.1 Å². The molecule has 0 saturated carbocycles. The average molecular weight is 280 g/mol. The van der Waals surface area contributed by atoms with Crippen molar-refractivity contribution in [2.75, 3.05) is 38.7 Å². The lowest BCUT2D eigenvalue weighted by molar-refractivity contribution is -0.117. The van der Waals surface area contributed by atoms with Crippen molar-refractivity contribution in [3.05, 3.63) is 29.8 Å². The maximum Gasteiger partial charge on any atom is 0.238 e. The molecule has 1 saturated heterocycles. The summed E-state index contributed by atoms with van der Waals surface area (Å²) in [5, 5.41) is 2.82. The molecule has 1 aliphatic rings. The molecular formula is C15H21FN2O2. The zero-order valence-electron chi connectivity index (χ0n) is 12.0. The molecule has 110 valence electrons. The SMILES string of the molecule is COCC1(F)CCN(CC(=O)Nc2ccc(C)cc2)C1. The number of nitrogens with one attached hydrogen (secondary N) is 1. The first-order valence-corrected chi connectivity index (χ1v) is 6.77. The Balaban J connectivity index is 1.82. The van der Waals surface area contributed by atoms with Crippen molar-refractivity contribution >= 4 is 11.6 Å². The van der Waals surface area contributed by atoms with Crippen LogP contribution in [-0.4, -0.2) is 49.8 Å². The fourth-order valence-electron chi connectivity index (χ4n) is 2.47. The highest BCUT2D eigenvalue weighted by Crippen LogP contribution is 2.25. The second kappa shape index (κ2) is 6.33. The number of benzene rings is 1. The van der Waals surface area contributed by atoms with E-state index in [2.05, 4.69) is 5.32 Å². The highest BCUT2D eigenvalue weighted by Gasteiger charge is 2.38. The number of amides is 1. The normalized spacial score (nSPS) is 22.9. The minimum absolute atomic E-state index is 0.0864. The molecule has 5 heteroatoms. The van der Waals surface area contributed by atoms with Gasteiger partial charge >= 0.3 is 0 Å². The minimum atomic E-state index is -1.32. The summed E-state index contributed by atoms with van der Waals surface area (Å²) < 4.78 is 19.1. The van der Waals surface area contributed by atoms with Gasteiger partial charge in [-0.05, 0) is 25.5 Å². The first-order valence-electron chi connectivity index (χ1n) is 6.77. The summed E-state index contributed by atoms with van der Waals surface area (Å²) in [6.45, 7) is 3.13. The maximum atomic E-state index is 14.2. The largest absolute Gasteiger partial charge is 0.381 e. The molecule has 1 amide bonds. The van der Waals surface area contributed by atoms with Crippen LogP contribution >= 0.6 is 0 Å². The third-order valence-corrected chi connectivity index (χ3v) is 3.49. The molecule has 1 aliphatic heterocycles. The Hall–Kier alpha value is -1.46. The zero-order valence-corrected chi connectivity index (χ0v) is 12.0. The average Bonchev–Trinajstić information content (AvgIpc) is 2.74. The fraction of sp³-hybridized carbons (Fsp3) is 0.533. The van der Waals surface area contributed by atoms with Gasteiger partial charge in [-0.2, -0.15) is 0 Å². The number of likely N-dealkylation sites (tertiary alicyclic amines) is 1. The van der Waals surface area contributed by atoms with Crippen molar-refractivity contribution in [2.45, 2.75) is 19.0 Å². The molecule has 1 atom stereocenters. The van der Waals surface area contributed by atoms with Crippen LogP contribution in [-0.2, 0) is 9.53 Å². The van der Waals surface area contributed by atoms with Crippen molar-refractivity contribution in [3.63, 3.8) is 0 Å². The van der Waals surface area contributed by atoms with Crippen LogP contribution in [0.4, 0.5) is 10.1 Å². The molecule has 0 aromatic heterocycles. The molecule has 4 nitrogen and oxygen atoms in total. The molecule has 2 rings (SSSR count). The Morgan fingerprint density at radius 3 is 2.80 bits per heavy atom. The lowest BCUT2D eigenvalue weighted by atomic mass is 10.1. The van der Waals surface area contributed by atoms with Crippen LogP contribution in [0.2, 0.25) is 0 Å². The monoisotopic (exact) mass is 280 g/mol. The van der Waals surface area contributed by atoms with E-state index in [-0.39, 0.29) is 25.6 Å². The highest BCUT2D eigenvalue weighted by atomic mass is 19.1. The first kappa shape index (κ1) is 14.9. The number of nitrogens with zero attached hydrogens (tertiary/aromatic N) is 1. The molecule has 1 fully saturated rings. The van der Waals surface area contributed by atoms with Gasteiger partial charge in [0.15, 0.2) is 0 Å². The van der Waals surface area contributed by atoms with Crippen LogP contribution in [0.15, 0.2) is 24.3 Å². The zero-order chi connectivity index (χ0) is 14.6. The van der Waals surface area contributed by atoms with E-state index in [4.69, 9.17) is 4.74 Å². The number of rotatable bonds is 5. The van der Waals surface area contributed by atoms with Crippen LogP contribution < -0.4 is 5.32 Å². The summed E-state index contributed by atoms with van der Waals surface area (Å²) in [4.78, 5) is 13.7. The van der Waals surface area contributed by atoms with Crippen LogP contribution in [0.25, 0.3) is 0 Å². The van der Waals surface area contributed by atoms with Crippen LogP contribution in [0.3, 0.4) is 0 Å². The van der Waals surface area contributed by atoms with Crippen LogP contribution in [0, 0.1) is 6.92 Å². The number of aryl methyl sites for hydroxylation is 1. The van der Waals surface area contributed by atoms with E-state index >= 15 is 0 Å². The van der Waals surface area contributed by atoms with Crippen LogP contribution in [0.5, 0.6) is 0 Å². The molecule has 0 radical (unpaired) electrons. The second-order valence-corrected chi connectivity index (χ2v) is 5.46. The van der Waals surface area contributed by atoms with Gasteiger partial charge in [-0.1, -0.05) is 17.7 Å². The number of anilines is 1. The molecule has 0 aliphatic carbocycles. The summed E-state index contributed by atoms with van der Waals surface area (Å²) in [7, 11) is 1.49. The smallest absolute Gasteiger partial charge is 0.238 e. The van der Waals surface area contributed by atoms with Gasteiger partial charge in [0.25, 0.3) is 0 Å². The summed E-state index contributed by atoms with van der Waals surface area (Å²) in [6.07, 6.45) is 0.415. The van der Waals surface area contributed by atoms with Gasteiger partial charge in [0.2, 0.25) is 5.91 Å². The van der Waals surface area contributed by atoms with Crippen LogP contribution in [0.1, 0.15) is 12.0 Å². The lowest BCUT2D eigenvalue weighted by Gasteiger charge is -2.19. The molecule has 0 bridgehead atoms.